The summed E-state index contributed by atoms with van der Waals surface area (Å²) in [6, 6.07) is 6.65. The van der Waals surface area contributed by atoms with Crippen LogP contribution in [-0.2, 0) is 6.42 Å². The molecule has 168 valence electrons. The van der Waals surface area contributed by atoms with E-state index in [0.29, 0.717) is 15.8 Å². The van der Waals surface area contributed by atoms with E-state index >= 15 is 0 Å². The van der Waals surface area contributed by atoms with Gasteiger partial charge in [-0.15, -0.1) is 4.73 Å². The Bertz CT molecular complexity index is 1200. The van der Waals surface area contributed by atoms with E-state index in [0.717, 1.165) is 50.7 Å². The highest BCUT2D eigenvalue weighted by molar-refractivity contribution is 6.07. The Morgan fingerprint density at radius 1 is 1.16 bits per heavy atom. The van der Waals surface area contributed by atoms with Crippen molar-refractivity contribution in [1.29, 1.82) is 0 Å². The number of anilines is 1. The molecule has 0 bridgehead atoms. The van der Waals surface area contributed by atoms with E-state index in [4.69, 9.17) is 0 Å². The standard InChI is InChI=1S/C24H25F2N3O3/c25-16-11-9-15(19(26)14-16)10-12-20(30)21-22(28-17-6-3-1-2-4-7-17)18-8-5-13-27-23(18)29(32)24(21)31/h5,8-9,11,13-14,17,28,32H,1-4,6-7,10,12H2. The molecule has 0 radical (unpaired) electrons. The maximum atomic E-state index is 14.0. The van der Waals surface area contributed by atoms with Crippen molar-refractivity contribution in [2.45, 2.75) is 57.4 Å². The summed E-state index contributed by atoms with van der Waals surface area (Å²) >= 11 is 0. The highest BCUT2D eigenvalue weighted by atomic mass is 19.1. The summed E-state index contributed by atoms with van der Waals surface area (Å²) in [4.78, 5) is 30.2. The summed E-state index contributed by atoms with van der Waals surface area (Å²) in [5.41, 5.74) is -0.420. The Kier molecular flexibility index (Phi) is 6.48. The fourth-order valence-corrected chi connectivity index (χ4v) is 4.34. The number of rotatable bonds is 6. The molecular formula is C24H25F2N3O3. The molecular weight excluding hydrogens is 416 g/mol. The third kappa shape index (κ3) is 4.49. The number of benzene rings is 1. The fourth-order valence-electron chi connectivity index (χ4n) is 4.34. The Hall–Kier alpha value is -3.29. The van der Waals surface area contributed by atoms with Crippen molar-refractivity contribution >= 4 is 22.5 Å². The molecule has 0 amide bonds. The molecule has 8 heteroatoms. The van der Waals surface area contributed by atoms with Crippen LogP contribution in [0.5, 0.6) is 0 Å². The predicted molar refractivity (Wildman–Crippen MR) is 117 cm³/mol. The first-order valence-corrected chi connectivity index (χ1v) is 10.9. The molecule has 0 spiro atoms. The molecule has 0 saturated heterocycles. The molecule has 2 aromatic heterocycles. The normalized spacial score (nSPS) is 14.9. The van der Waals surface area contributed by atoms with Gasteiger partial charge >= 0.3 is 0 Å². The lowest BCUT2D eigenvalue weighted by atomic mass is 9.99. The number of aromatic nitrogens is 2. The highest BCUT2D eigenvalue weighted by Gasteiger charge is 2.25. The van der Waals surface area contributed by atoms with Crippen molar-refractivity contribution in [3.63, 3.8) is 0 Å². The van der Waals surface area contributed by atoms with Gasteiger partial charge in [0.15, 0.2) is 11.4 Å². The Balaban J connectivity index is 1.72. The molecule has 0 aliphatic heterocycles. The van der Waals surface area contributed by atoms with Crippen LogP contribution in [0.2, 0.25) is 0 Å². The fraction of sp³-hybridized carbons (Fsp3) is 0.375. The Morgan fingerprint density at radius 3 is 2.62 bits per heavy atom. The van der Waals surface area contributed by atoms with Crippen molar-refractivity contribution in [1.82, 2.24) is 9.71 Å². The van der Waals surface area contributed by atoms with Gasteiger partial charge in [0.1, 0.15) is 17.2 Å². The molecule has 6 nitrogen and oxygen atoms in total. The minimum atomic E-state index is -0.864. The van der Waals surface area contributed by atoms with E-state index in [1.165, 1.54) is 12.3 Å². The van der Waals surface area contributed by atoms with Crippen LogP contribution in [0.3, 0.4) is 0 Å². The molecule has 32 heavy (non-hydrogen) atoms. The van der Waals surface area contributed by atoms with Crippen molar-refractivity contribution in [3.8, 4) is 0 Å². The number of fused-ring (bicyclic) bond motifs is 1. The third-order valence-corrected chi connectivity index (χ3v) is 6.03. The summed E-state index contributed by atoms with van der Waals surface area (Å²) in [5.74, 6) is -1.96. The Morgan fingerprint density at radius 2 is 1.91 bits per heavy atom. The maximum Gasteiger partial charge on any atom is 0.297 e. The third-order valence-electron chi connectivity index (χ3n) is 6.03. The van der Waals surface area contributed by atoms with Gasteiger partial charge in [-0.1, -0.05) is 31.7 Å². The van der Waals surface area contributed by atoms with Crippen LogP contribution < -0.4 is 10.9 Å². The molecule has 1 fully saturated rings. The van der Waals surface area contributed by atoms with Gasteiger partial charge in [-0.05, 0) is 43.0 Å². The number of carbonyl (C=O) groups is 1. The van der Waals surface area contributed by atoms with E-state index in [-0.39, 0.29) is 35.7 Å². The molecule has 1 aliphatic rings. The van der Waals surface area contributed by atoms with E-state index < -0.39 is 23.0 Å². The zero-order valence-electron chi connectivity index (χ0n) is 17.6. The lowest BCUT2D eigenvalue weighted by Gasteiger charge is -2.21. The van der Waals surface area contributed by atoms with Crippen LogP contribution in [0.4, 0.5) is 14.5 Å². The average molecular weight is 441 g/mol. The van der Waals surface area contributed by atoms with E-state index in [1.54, 1.807) is 12.1 Å². The molecule has 1 aromatic carbocycles. The first kappa shape index (κ1) is 21.9. The summed E-state index contributed by atoms with van der Waals surface area (Å²) < 4.78 is 27.6. The lowest BCUT2D eigenvalue weighted by Crippen LogP contribution is -2.30. The smallest absolute Gasteiger partial charge is 0.297 e. The van der Waals surface area contributed by atoms with Gasteiger partial charge < -0.3 is 10.5 Å². The van der Waals surface area contributed by atoms with Gasteiger partial charge in [-0.25, -0.2) is 13.8 Å². The number of halogens is 2. The van der Waals surface area contributed by atoms with Crippen LogP contribution in [0.15, 0.2) is 41.3 Å². The molecule has 2 heterocycles. The summed E-state index contributed by atoms with van der Waals surface area (Å²) in [6.45, 7) is 0. The second kappa shape index (κ2) is 9.46. The zero-order chi connectivity index (χ0) is 22.7. The number of nitrogens with zero attached hydrogens (tertiary/aromatic N) is 2. The minimum absolute atomic E-state index is 0.00373. The number of nitrogens with one attached hydrogen (secondary N) is 1. The van der Waals surface area contributed by atoms with Crippen molar-refractivity contribution in [3.05, 3.63) is 69.6 Å². The molecule has 0 unspecified atom stereocenters. The van der Waals surface area contributed by atoms with Gasteiger partial charge in [0, 0.05) is 30.1 Å². The van der Waals surface area contributed by atoms with Gasteiger partial charge in [0.05, 0.1) is 5.69 Å². The second-order valence-electron chi connectivity index (χ2n) is 8.23. The van der Waals surface area contributed by atoms with E-state index in [2.05, 4.69) is 10.3 Å². The quantitative estimate of drug-likeness (QED) is 0.324. The number of hydrogen-bond donors (Lipinski definition) is 2. The van der Waals surface area contributed by atoms with Crippen molar-refractivity contribution < 1.29 is 18.8 Å². The molecule has 1 aliphatic carbocycles. The number of aryl methyl sites for hydroxylation is 1. The molecule has 2 N–H and O–H groups in total. The molecule has 1 saturated carbocycles. The second-order valence-corrected chi connectivity index (χ2v) is 8.23. The van der Waals surface area contributed by atoms with Crippen LogP contribution in [0.25, 0.3) is 11.0 Å². The number of ketones is 1. The monoisotopic (exact) mass is 441 g/mol. The summed E-state index contributed by atoms with van der Waals surface area (Å²) in [5, 5.41) is 14.2. The number of Topliss-reactive ketones (excluding diaryl/α,β-unsaturated/α-hetero) is 1. The van der Waals surface area contributed by atoms with Crippen molar-refractivity contribution in [2.24, 2.45) is 0 Å². The Labute approximate surface area is 183 Å². The van der Waals surface area contributed by atoms with Crippen LogP contribution in [0, 0.1) is 11.6 Å². The highest BCUT2D eigenvalue weighted by Crippen LogP contribution is 2.29. The maximum absolute atomic E-state index is 14.0. The van der Waals surface area contributed by atoms with Gasteiger partial charge in [0.25, 0.3) is 5.56 Å². The summed E-state index contributed by atoms with van der Waals surface area (Å²) in [7, 11) is 0. The predicted octanol–water partition coefficient (Wildman–Crippen LogP) is 4.86. The molecule has 3 aromatic rings. The zero-order valence-corrected chi connectivity index (χ0v) is 17.6. The van der Waals surface area contributed by atoms with Crippen LogP contribution in [-0.4, -0.2) is 26.7 Å². The topological polar surface area (TPSA) is 84.2 Å². The number of pyridine rings is 2. The van der Waals surface area contributed by atoms with E-state index in [9.17, 15) is 23.6 Å². The SMILES string of the molecule is O=C(CCc1ccc(F)cc1F)c1c(NC2CCCCCC2)c2cccnc2n(O)c1=O. The van der Waals surface area contributed by atoms with Crippen molar-refractivity contribution in [2.75, 3.05) is 5.32 Å². The van der Waals surface area contributed by atoms with Gasteiger partial charge in [-0.3, -0.25) is 9.59 Å². The van der Waals surface area contributed by atoms with Gasteiger partial charge in [0.2, 0.25) is 0 Å². The van der Waals surface area contributed by atoms with Crippen LogP contribution in [0.1, 0.15) is 60.9 Å². The minimum Gasteiger partial charge on any atom is -0.423 e. The first-order chi connectivity index (χ1) is 15.5. The summed E-state index contributed by atoms with van der Waals surface area (Å²) in [6.07, 6.45) is 7.53. The van der Waals surface area contributed by atoms with Gasteiger partial charge in [-0.2, -0.15) is 0 Å². The lowest BCUT2D eigenvalue weighted by molar-refractivity contribution is 0.0976. The van der Waals surface area contributed by atoms with E-state index in [1.807, 2.05) is 0 Å². The van der Waals surface area contributed by atoms with Crippen LogP contribution >= 0.6 is 0 Å². The largest absolute Gasteiger partial charge is 0.423 e. The number of hydrogen-bond acceptors (Lipinski definition) is 5. The molecule has 4 rings (SSSR count). The molecule has 0 atom stereocenters. The average Bonchev–Trinajstić information content (AvgIpc) is 3.05. The number of carbonyl (C=O) groups excluding carboxylic acids is 1. The first-order valence-electron chi connectivity index (χ1n) is 10.9.